The van der Waals surface area contributed by atoms with Crippen molar-refractivity contribution in [3.63, 3.8) is 0 Å². The van der Waals surface area contributed by atoms with Gasteiger partial charge in [-0.25, -0.2) is 4.68 Å². The fourth-order valence-electron chi connectivity index (χ4n) is 3.61. The lowest BCUT2D eigenvalue weighted by molar-refractivity contribution is -0.141. The van der Waals surface area contributed by atoms with Gasteiger partial charge in [0.2, 0.25) is 0 Å². The Balaban J connectivity index is 2.04. The van der Waals surface area contributed by atoms with Crippen LogP contribution in [-0.4, -0.2) is 41.4 Å². The lowest BCUT2D eigenvalue weighted by Crippen LogP contribution is -2.37. The van der Waals surface area contributed by atoms with Crippen LogP contribution in [0.1, 0.15) is 54.9 Å². The Hall–Kier alpha value is -4.04. The molecule has 1 heterocycles. The number of rotatable bonds is 8. The summed E-state index contributed by atoms with van der Waals surface area (Å²) in [6.45, 7) is 8.96. The van der Waals surface area contributed by atoms with Crippen molar-refractivity contribution >= 4 is 29.2 Å². The molecule has 0 N–H and O–H groups in total. The monoisotopic (exact) mass is 576 g/mol. The average molecular weight is 577 g/mol. The average Bonchev–Trinajstić information content (AvgIpc) is 3.26. The van der Waals surface area contributed by atoms with E-state index in [0.29, 0.717) is 12.4 Å². The number of hydrogen-bond acceptors (Lipinski definition) is 6. The van der Waals surface area contributed by atoms with Gasteiger partial charge in [0.25, 0.3) is 5.91 Å². The van der Waals surface area contributed by atoms with E-state index in [1.807, 2.05) is 26.8 Å². The third-order valence-electron chi connectivity index (χ3n) is 5.54. The zero-order valence-corrected chi connectivity index (χ0v) is 23.4. The highest BCUT2D eigenvalue weighted by molar-refractivity contribution is 6.32. The van der Waals surface area contributed by atoms with Gasteiger partial charge in [-0.2, -0.15) is 23.5 Å². The highest BCUT2D eigenvalue weighted by atomic mass is 35.5. The molecule has 0 saturated heterocycles. The summed E-state index contributed by atoms with van der Waals surface area (Å²) in [5.74, 6) is -1.08. The number of esters is 1. The molecule has 0 atom stereocenters. The van der Waals surface area contributed by atoms with Crippen LogP contribution in [0.5, 0.6) is 5.75 Å². The summed E-state index contributed by atoms with van der Waals surface area (Å²) in [6, 6.07) is 9.28. The summed E-state index contributed by atoms with van der Waals surface area (Å²) in [6.07, 6.45) is -3.37. The number of anilines is 1. The molecule has 0 aliphatic carbocycles. The zero-order chi connectivity index (χ0) is 29.8. The van der Waals surface area contributed by atoms with Crippen LogP contribution in [0.15, 0.2) is 42.6 Å². The third-order valence-corrected chi connectivity index (χ3v) is 5.86. The van der Waals surface area contributed by atoms with Crippen molar-refractivity contribution in [2.75, 3.05) is 24.7 Å². The largest absolute Gasteiger partial charge is 0.492 e. The van der Waals surface area contributed by atoms with E-state index in [4.69, 9.17) is 21.1 Å². The zero-order valence-electron chi connectivity index (χ0n) is 22.6. The minimum absolute atomic E-state index is 0.00402. The van der Waals surface area contributed by atoms with Gasteiger partial charge in [0.15, 0.2) is 0 Å². The maximum absolute atomic E-state index is 13.7. The van der Waals surface area contributed by atoms with E-state index >= 15 is 0 Å². The molecule has 0 bridgehead atoms. The molecule has 0 aliphatic rings. The lowest BCUT2D eigenvalue weighted by Gasteiger charge is -2.23. The Bertz CT molecular complexity index is 1460. The molecule has 0 aliphatic heterocycles. The van der Waals surface area contributed by atoms with Gasteiger partial charge < -0.3 is 9.47 Å². The van der Waals surface area contributed by atoms with Crippen molar-refractivity contribution in [1.82, 2.24) is 9.78 Å². The van der Waals surface area contributed by atoms with Gasteiger partial charge in [-0.15, -0.1) is 0 Å². The number of aromatic nitrogens is 2. The molecule has 40 heavy (non-hydrogen) atoms. The van der Waals surface area contributed by atoms with Crippen LogP contribution in [0.25, 0.3) is 5.69 Å². The maximum Gasteiger partial charge on any atom is 0.416 e. The predicted molar refractivity (Wildman–Crippen MR) is 143 cm³/mol. The molecule has 3 aromatic rings. The Morgan fingerprint density at radius 2 is 1.85 bits per heavy atom. The number of nitrogens with zero attached hydrogens (tertiary/aromatic N) is 4. The summed E-state index contributed by atoms with van der Waals surface area (Å²) in [5.41, 5.74) is -0.648. The van der Waals surface area contributed by atoms with Crippen LogP contribution in [0.2, 0.25) is 5.02 Å². The van der Waals surface area contributed by atoms with Gasteiger partial charge in [-0.3, -0.25) is 14.5 Å². The second-order valence-electron chi connectivity index (χ2n) is 10.1. The van der Waals surface area contributed by atoms with Crippen LogP contribution in [0.3, 0.4) is 0 Å². The first-order chi connectivity index (χ1) is 18.6. The van der Waals surface area contributed by atoms with Gasteiger partial charge in [0.1, 0.15) is 18.4 Å². The van der Waals surface area contributed by atoms with E-state index in [-0.39, 0.29) is 45.2 Å². The van der Waals surface area contributed by atoms with E-state index in [1.54, 1.807) is 6.92 Å². The van der Waals surface area contributed by atoms with Crippen molar-refractivity contribution in [3.05, 3.63) is 70.0 Å². The lowest BCUT2D eigenvalue weighted by atomic mass is 9.98. The normalized spacial score (nSPS) is 11.6. The number of alkyl halides is 3. The fourth-order valence-corrected chi connectivity index (χ4v) is 3.82. The van der Waals surface area contributed by atoms with Crippen LogP contribution >= 0.6 is 11.6 Å². The standard InChI is InChI=1S/C28H28ClF3N4O4/c1-6-39-25(37)15-35(20-8-10-24(18(11-20)13-33)40-16-27(3,4)5)26(38)21-14-36(34-17(21)2)23-12-19(28(30,31)32)7-9-22(23)29/h7-12,14H,6,15-16H2,1-5H3. The number of aryl methyl sites for hydroxylation is 1. The number of benzene rings is 2. The highest BCUT2D eigenvalue weighted by Gasteiger charge is 2.32. The van der Waals surface area contributed by atoms with Crippen LogP contribution in [0, 0.1) is 23.7 Å². The van der Waals surface area contributed by atoms with Gasteiger partial charge in [0.05, 0.1) is 46.3 Å². The second kappa shape index (κ2) is 12.0. The molecule has 12 heteroatoms. The van der Waals surface area contributed by atoms with Crippen molar-refractivity contribution in [3.8, 4) is 17.5 Å². The van der Waals surface area contributed by atoms with Gasteiger partial charge in [0, 0.05) is 11.9 Å². The number of carbonyl (C=O) groups is 2. The van der Waals surface area contributed by atoms with E-state index in [2.05, 4.69) is 5.10 Å². The quantitative estimate of drug-likeness (QED) is 0.289. The molecule has 0 fully saturated rings. The summed E-state index contributed by atoms with van der Waals surface area (Å²) >= 11 is 6.16. The minimum Gasteiger partial charge on any atom is -0.492 e. The number of hydrogen-bond donors (Lipinski definition) is 0. The topological polar surface area (TPSA) is 97.5 Å². The van der Waals surface area contributed by atoms with E-state index in [0.717, 1.165) is 27.8 Å². The van der Waals surface area contributed by atoms with Crippen molar-refractivity contribution < 1.29 is 32.2 Å². The smallest absolute Gasteiger partial charge is 0.416 e. The highest BCUT2D eigenvalue weighted by Crippen LogP contribution is 2.34. The maximum atomic E-state index is 13.7. The van der Waals surface area contributed by atoms with Gasteiger partial charge >= 0.3 is 12.1 Å². The Kier molecular flexibility index (Phi) is 9.15. The van der Waals surface area contributed by atoms with Crippen molar-refractivity contribution in [2.45, 2.75) is 40.8 Å². The van der Waals surface area contributed by atoms with Crippen LogP contribution in [0.4, 0.5) is 18.9 Å². The molecule has 1 amide bonds. The van der Waals surface area contributed by atoms with Gasteiger partial charge in [-0.05, 0) is 55.7 Å². The first-order valence-electron chi connectivity index (χ1n) is 12.2. The Morgan fingerprint density at radius 1 is 1.15 bits per heavy atom. The molecular weight excluding hydrogens is 549 g/mol. The Labute approximate surface area is 234 Å². The van der Waals surface area contributed by atoms with Crippen LogP contribution in [-0.2, 0) is 15.7 Å². The number of amides is 1. The molecule has 1 aromatic heterocycles. The number of ether oxygens (including phenoxy) is 2. The van der Waals surface area contributed by atoms with Crippen molar-refractivity contribution in [2.24, 2.45) is 5.41 Å². The third kappa shape index (κ3) is 7.33. The molecule has 0 radical (unpaired) electrons. The van der Waals surface area contributed by atoms with Gasteiger partial charge in [-0.1, -0.05) is 32.4 Å². The molecule has 212 valence electrons. The molecule has 2 aromatic carbocycles. The first-order valence-corrected chi connectivity index (χ1v) is 12.6. The SMILES string of the molecule is CCOC(=O)CN(C(=O)c1cn(-c2cc(C(F)(F)F)ccc2Cl)nc1C)c1ccc(OCC(C)(C)C)c(C#N)c1. The predicted octanol–water partition coefficient (Wildman–Crippen LogP) is 6.36. The Morgan fingerprint density at radius 3 is 2.45 bits per heavy atom. The fraction of sp³-hybridized carbons (Fsp3) is 0.357. The molecular formula is C28H28ClF3N4O4. The van der Waals surface area contributed by atoms with E-state index < -0.39 is 30.2 Å². The number of carbonyl (C=O) groups excluding carboxylic acids is 2. The number of halogens is 4. The molecule has 0 spiro atoms. The second-order valence-corrected chi connectivity index (χ2v) is 10.5. The molecule has 8 nitrogen and oxygen atoms in total. The molecule has 3 rings (SSSR count). The first kappa shape index (κ1) is 30.5. The molecule has 0 unspecified atom stereocenters. The summed E-state index contributed by atoms with van der Waals surface area (Å²) in [7, 11) is 0. The van der Waals surface area contributed by atoms with Crippen molar-refractivity contribution in [1.29, 1.82) is 5.26 Å². The number of nitriles is 1. The summed E-state index contributed by atoms with van der Waals surface area (Å²) < 4.78 is 51.8. The summed E-state index contributed by atoms with van der Waals surface area (Å²) in [4.78, 5) is 27.3. The van der Waals surface area contributed by atoms with Crippen LogP contribution < -0.4 is 9.64 Å². The van der Waals surface area contributed by atoms with E-state index in [9.17, 15) is 28.0 Å². The molecule has 0 saturated carbocycles. The van der Waals surface area contributed by atoms with E-state index in [1.165, 1.54) is 31.3 Å². The minimum atomic E-state index is -4.61. The summed E-state index contributed by atoms with van der Waals surface area (Å²) in [5, 5.41) is 13.9.